The number of benzene rings is 2. The Morgan fingerprint density at radius 3 is 2.83 bits per heavy atom. The van der Waals surface area contributed by atoms with Crippen molar-refractivity contribution in [3.63, 3.8) is 0 Å². The number of rotatable bonds is 7. The van der Waals surface area contributed by atoms with Crippen molar-refractivity contribution in [1.82, 2.24) is 5.32 Å². The summed E-state index contributed by atoms with van der Waals surface area (Å²) in [5, 5.41) is 7.64. The molecule has 0 radical (unpaired) electrons. The molecule has 126 valence electrons. The Morgan fingerprint density at radius 2 is 2.00 bits per heavy atom. The summed E-state index contributed by atoms with van der Waals surface area (Å²) >= 11 is 0. The topological polar surface area (TPSA) is 52.1 Å². The van der Waals surface area contributed by atoms with E-state index in [9.17, 15) is 0 Å². The molecular weight excluding hydrogens is 304 g/mol. The Bertz CT molecular complexity index is 715. The van der Waals surface area contributed by atoms with Crippen LogP contribution in [0.1, 0.15) is 17.5 Å². The van der Waals surface area contributed by atoms with Gasteiger partial charge in [-0.3, -0.25) is 0 Å². The van der Waals surface area contributed by atoms with E-state index in [1.54, 1.807) is 14.2 Å². The normalized spacial score (nSPS) is 16.4. The summed E-state index contributed by atoms with van der Waals surface area (Å²) in [6.07, 6.45) is 0.807. The number of nitrogens with zero attached hydrogens (tertiary/aromatic N) is 1. The average Bonchev–Trinajstić information content (AvgIpc) is 3.10. The zero-order valence-electron chi connectivity index (χ0n) is 14.0. The summed E-state index contributed by atoms with van der Waals surface area (Å²) < 4.78 is 10.6. The Balaban J connectivity index is 1.50. The predicted octanol–water partition coefficient (Wildman–Crippen LogP) is 2.99. The molecule has 1 unspecified atom stereocenters. The lowest BCUT2D eigenvalue weighted by Gasteiger charge is -2.11. The van der Waals surface area contributed by atoms with Crippen LogP contribution in [0, 0.1) is 0 Å². The van der Waals surface area contributed by atoms with Crippen molar-refractivity contribution in [2.24, 2.45) is 5.16 Å². The number of nitrogens with one attached hydrogen (secondary N) is 1. The maximum Gasteiger partial charge on any atom is 0.145 e. The molecule has 1 heterocycles. The molecule has 1 atom stereocenters. The summed E-state index contributed by atoms with van der Waals surface area (Å²) in [5.74, 6) is 1.69. The largest absolute Gasteiger partial charge is 0.497 e. The van der Waals surface area contributed by atoms with Crippen LogP contribution in [-0.4, -0.2) is 32.6 Å². The summed E-state index contributed by atoms with van der Waals surface area (Å²) in [6, 6.07) is 15.9. The molecule has 0 fully saturated rings. The molecule has 0 aromatic heterocycles. The summed E-state index contributed by atoms with van der Waals surface area (Å²) in [5.41, 5.74) is 3.11. The molecule has 0 saturated carbocycles. The van der Waals surface area contributed by atoms with E-state index in [-0.39, 0.29) is 6.10 Å². The molecule has 2 aromatic carbocycles. The van der Waals surface area contributed by atoms with E-state index in [4.69, 9.17) is 14.3 Å². The maximum absolute atomic E-state index is 5.55. The van der Waals surface area contributed by atoms with Crippen LogP contribution in [0.2, 0.25) is 0 Å². The standard InChI is InChI=1S/C19H22N2O3/c1-22-15-7-5-6-14(10-15)12-20-13-16-11-18(21-24-16)17-8-3-4-9-19(17)23-2/h3-10,16,20H,11-13H2,1-2H3. The monoisotopic (exact) mass is 326 g/mol. The molecule has 0 aliphatic carbocycles. The zero-order valence-corrected chi connectivity index (χ0v) is 14.0. The van der Waals surface area contributed by atoms with Crippen molar-refractivity contribution in [2.45, 2.75) is 19.1 Å². The minimum atomic E-state index is 0.0375. The Kier molecular flexibility index (Phi) is 5.33. The van der Waals surface area contributed by atoms with E-state index >= 15 is 0 Å². The fourth-order valence-electron chi connectivity index (χ4n) is 2.74. The number of hydrogen-bond donors (Lipinski definition) is 1. The highest BCUT2D eigenvalue weighted by Crippen LogP contribution is 2.24. The first-order valence-corrected chi connectivity index (χ1v) is 8.00. The van der Waals surface area contributed by atoms with Crippen molar-refractivity contribution in [3.8, 4) is 11.5 Å². The first-order valence-electron chi connectivity index (χ1n) is 8.00. The van der Waals surface area contributed by atoms with Crippen LogP contribution in [0.5, 0.6) is 11.5 Å². The van der Waals surface area contributed by atoms with Crippen LogP contribution >= 0.6 is 0 Å². The Morgan fingerprint density at radius 1 is 1.12 bits per heavy atom. The van der Waals surface area contributed by atoms with Gasteiger partial charge >= 0.3 is 0 Å². The van der Waals surface area contributed by atoms with E-state index in [0.29, 0.717) is 0 Å². The van der Waals surface area contributed by atoms with Crippen LogP contribution in [0.25, 0.3) is 0 Å². The van der Waals surface area contributed by atoms with E-state index in [2.05, 4.69) is 16.5 Å². The number of hydrogen-bond acceptors (Lipinski definition) is 5. The highest BCUT2D eigenvalue weighted by atomic mass is 16.6. The number of ether oxygens (including phenoxy) is 2. The first kappa shape index (κ1) is 16.3. The molecule has 24 heavy (non-hydrogen) atoms. The van der Waals surface area contributed by atoms with Gasteiger partial charge in [-0.15, -0.1) is 0 Å². The molecule has 1 N–H and O–H groups in total. The molecule has 2 aromatic rings. The fraction of sp³-hybridized carbons (Fsp3) is 0.316. The van der Waals surface area contributed by atoms with Gasteiger partial charge in [-0.05, 0) is 29.8 Å². The quantitative estimate of drug-likeness (QED) is 0.850. The van der Waals surface area contributed by atoms with E-state index in [1.807, 2.05) is 42.5 Å². The predicted molar refractivity (Wildman–Crippen MR) is 93.7 cm³/mol. The highest BCUT2D eigenvalue weighted by molar-refractivity contribution is 6.03. The minimum absolute atomic E-state index is 0.0375. The van der Waals surface area contributed by atoms with Gasteiger partial charge in [0, 0.05) is 25.1 Å². The smallest absolute Gasteiger partial charge is 0.145 e. The third kappa shape index (κ3) is 3.86. The summed E-state index contributed by atoms with van der Waals surface area (Å²) in [7, 11) is 3.35. The van der Waals surface area contributed by atoms with Gasteiger partial charge in [0.2, 0.25) is 0 Å². The molecule has 3 rings (SSSR count). The van der Waals surface area contributed by atoms with E-state index in [1.165, 1.54) is 5.56 Å². The molecule has 5 heteroatoms. The lowest BCUT2D eigenvalue weighted by atomic mass is 10.0. The van der Waals surface area contributed by atoms with Gasteiger partial charge in [0.05, 0.1) is 19.9 Å². The van der Waals surface area contributed by atoms with Gasteiger partial charge in [-0.25, -0.2) is 0 Å². The third-order valence-corrected chi connectivity index (χ3v) is 3.99. The van der Waals surface area contributed by atoms with Gasteiger partial charge in [0.15, 0.2) is 0 Å². The average molecular weight is 326 g/mol. The molecular formula is C19H22N2O3. The van der Waals surface area contributed by atoms with Crippen LogP contribution in [0.15, 0.2) is 53.7 Å². The second-order valence-electron chi connectivity index (χ2n) is 5.65. The lowest BCUT2D eigenvalue weighted by Crippen LogP contribution is -2.26. The van der Waals surface area contributed by atoms with Gasteiger partial charge in [0.1, 0.15) is 17.6 Å². The summed E-state index contributed by atoms with van der Waals surface area (Å²) in [6.45, 7) is 1.50. The van der Waals surface area contributed by atoms with E-state index < -0.39 is 0 Å². The fourth-order valence-corrected chi connectivity index (χ4v) is 2.74. The molecule has 5 nitrogen and oxygen atoms in total. The summed E-state index contributed by atoms with van der Waals surface area (Å²) in [4.78, 5) is 5.55. The minimum Gasteiger partial charge on any atom is -0.497 e. The molecule has 0 saturated heterocycles. The number of methoxy groups -OCH3 is 2. The van der Waals surface area contributed by atoms with Gasteiger partial charge in [0.25, 0.3) is 0 Å². The first-order chi connectivity index (χ1) is 11.8. The Hall–Kier alpha value is -2.53. The van der Waals surface area contributed by atoms with Crippen molar-refractivity contribution >= 4 is 5.71 Å². The maximum atomic E-state index is 5.55. The van der Waals surface area contributed by atoms with Crippen molar-refractivity contribution < 1.29 is 14.3 Å². The SMILES string of the molecule is COc1cccc(CNCC2CC(c3ccccc3OC)=NO2)c1. The molecule has 1 aliphatic rings. The van der Waals surface area contributed by atoms with Crippen LogP contribution in [0.3, 0.4) is 0 Å². The van der Waals surface area contributed by atoms with Gasteiger partial charge < -0.3 is 19.6 Å². The second-order valence-corrected chi connectivity index (χ2v) is 5.65. The number of oxime groups is 1. The third-order valence-electron chi connectivity index (χ3n) is 3.99. The van der Waals surface area contributed by atoms with Crippen molar-refractivity contribution in [1.29, 1.82) is 0 Å². The van der Waals surface area contributed by atoms with Gasteiger partial charge in [-0.2, -0.15) is 0 Å². The van der Waals surface area contributed by atoms with E-state index in [0.717, 1.165) is 42.3 Å². The number of para-hydroxylation sites is 1. The molecule has 0 amide bonds. The van der Waals surface area contributed by atoms with Crippen molar-refractivity contribution in [2.75, 3.05) is 20.8 Å². The Labute approximate surface area is 142 Å². The molecule has 0 spiro atoms. The lowest BCUT2D eigenvalue weighted by molar-refractivity contribution is 0.0848. The van der Waals surface area contributed by atoms with Crippen LogP contribution < -0.4 is 14.8 Å². The highest BCUT2D eigenvalue weighted by Gasteiger charge is 2.23. The molecule has 1 aliphatic heterocycles. The van der Waals surface area contributed by atoms with Crippen molar-refractivity contribution in [3.05, 3.63) is 59.7 Å². The van der Waals surface area contributed by atoms with Gasteiger partial charge in [-0.1, -0.05) is 29.4 Å². The zero-order chi connectivity index (χ0) is 16.8. The van der Waals surface area contributed by atoms with Crippen LogP contribution in [-0.2, 0) is 11.4 Å². The second kappa shape index (κ2) is 7.84. The molecule has 0 bridgehead atoms. The van der Waals surface area contributed by atoms with Crippen LogP contribution in [0.4, 0.5) is 0 Å².